The molecule has 0 saturated carbocycles. The van der Waals surface area contributed by atoms with Crippen LogP contribution in [0.4, 0.5) is 5.69 Å². The first-order valence-corrected chi connectivity index (χ1v) is 9.93. The van der Waals surface area contributed by atoms with Crippen molar-refractivity contribution in [2.45, 2.75) is 31.6 Å². The van der Waals surface area contributed by atoms with Crippen LogP contribution in [0.25, 0.3) is 0 Å². The summed E-state index contributed by atoms with van der Waals surface area (Å²) < 4.78 is 5.22. The lowest BCUT2D eigenvalue weighted by molar-refractivity contribution is -0.119. The third kappa shape index (κ3) is 3.31. The monoisotopic (exact) mass is 415 g/mol. The average Bonchev–Trinajstić information content (AvgIpc) is 2.68. The fourth-order valence-corrected chi connectivity index (χ4v) is 4.55. The molecule has 1 unspecified atom stereocenters. The Morgan fingerprint density at radius 1 is 1.04 bits per heavy atom. The second-order valence-corrected chi connectivity index (χ2v) is 7.84. The largest absolute Gasteiger partial charge is 0.497 e. The van der Waals surface area contributed by atoms with E-state index in [0.29, 0.717) is 28.6 Å². The van der Waals surface area contributed by atoms with Crippen LogP contribution in [-0.2, 0) is 9.59 Å². The van der Waals surface area contributed by atoms with Gasteiger partial charge < -0.3 is 4.74 Å². The standard InChI is InChI=1S/C22H19Cl2NO3/c1-28-15-8-5-13(6-9-15)16-12-21(27)25(18-10-7-14(23)11-17(18)24)19-3-2-4-20(26)22(16)19/h5-11,16H,2-4,12H2,1H3. The molecule has 4 nitrogen and oxygen atoms in total. The zero-order valence-corrected chi connectivity index (χ0v) is 16.9. The van der Waals surface area contributed by atoms with E-state index in [9.17, 15) is 9.59 Å². The van der Waals surface area contributed by atoms with Gasteiger partial charge in [0.2, 0.25) is 5.91 Å². The van der Waals surface area contributed by atoms with E-state index in [4.69, 9.17) is 27.9 Å². The molecule has 1 aliphatic heterocycles. The topological polar surface area (TPSA) is 46.6 Å². The van der Waals surface area contributed by atoms with Crippen LogP contribution in [0.5, 0.6) is 5.75 Å². The van der Waals surface area contributed by atoms with Gasteiger partial charge in [0.25, 0.3) is 0 Å². The van der Waals surface area contributed by atoms with Crippen molar-refractivity contribution >= 4 is 40.6 Å². The molecule has 2 aromatic rings. The molecule has 1 amide bonds. The molecule has 1 atom stereocenters. The second-order valence-electron chi connectivity index (χ2n) is 6.99. The van der Waals surface area contributed by atoms with Gasteiger partial charge in [-0.25, -0.2) is 0 Å². The Balaban J connectivity index is 1.84. The third-order valence-electron chi connectivity index (χ3n) is 5.34. The summed E-state index contributed by atoms with van der Waals surface area (Å²) in [6.07, 6.45) is 2.11. The summed E-state index contributed by atoms with van der Waals surface area (Å²) in [6.45, 7) is 0. The Hall–Kier alpha value is -2.30. The SMILES string of the molecule is COc1ccc(C2CC(=O)N(c3ccc(Cl)cc3Cl)C3=C2C(=O)CCC3)cc1. The van der Waals surface area contributed by atoms with Gasteiger partial charge in [-0.1, -0.05) is 35.3 Å². The number of carbonyl (C=O) groups is 2. The van der Waals surface area contributed by atoms with Crippen LogP contribution in [0, 0.1) is 0 Å². The van der Waals surface area contributed by atoms with Crippen LogP contribution in [-0.4, -0.2) is 18.8 Å². The zero-order chi connectivity index (χ0) is 19.8. The zero-order valence-electron chi connectivity index (χ0n) is 15.4. The number of nitrogens with zero attached hydrogens (tertiary/aromatic N) is 1. The Labute approximate surface area is 173 Å². The fourth-order valence-electron chi connectivity index (χ4n) is 4.06. The lowest BCUT2D eigenvalue weighted by atomic mass is 9.77. The lowest BCUT2D eigenvalue weighted by Gasteiger charge is -2.38. The minimum absolute atomic E-state index is 0.0708. The van der Waals surface area contributed by atoms with E-state index in [1.54, 1.807) is 30.2 Å². The van der Waals surface area contributed by atoms with Gasteiger partial charge in [0.15, 0.2) is 5.78 Å². The highest BCUT2D eigenvalue weighted by molar-refractivity contribution is 6.37. The molecule has 4 rings (SSSR count). The van der Waals surface area contributed by atoms with Gasteiger partial charge in [0, 0.05) is 35.1 Å². The summed E-state index contributed by atoms with van der Waals surface area (Å²) in [5.41, 5.74) is 3.00. The Morgan fingerprint density at radius 2 is 1.79 bits per heavy atom. The van der Waals surface area contributed by atoms with Gasteiger partial charge >= 0.3 is 0 Å². The number of rotatable bonds is 3. The number of ether oxygens (including phenoxy) is 1. The van der Waals surface area contributed by atoms with Crippen LogP contribution in [0.15, 0.2) is 53.7 Å². The number of hydrogen-bond acceptors (Lipinski definition) is 3. The molecule has 0 saturated heterocycles. The number of halogens is 2. The maximum absolute atomic E-state index is 13.2. The van der Waals surface area contributed by atoms with Gasteiger partial charge in [-0.3, -0.25) is 14.5 Å². The van der Waals surface area contributed by atoms with Crippen molar-refractivity contribution in [3.63, 3.8) is 0 Å². The quantitative estimate of drug-likeness (QED) is 0.661. The molecule has 144 valence electrons. The van der Waals surface area contributed by atoms with Crippen LogP contribution in [0.3, 0.4) is 0 Å². The van der Waals surface area contributed by atoms with Crippen molar-refractivity contribution in [3.8, 4) is 5.75 Å². The number of hydrogen-bond donors (Lipinski definition) is 0. The molecule has 2 aliphatic rings. The first-order valence-electron chi connectivity index (χ1n) is 9.18. The highest BCUT2D eigenvalue weighted by Gasteiger charge is 2.40. The summed E-state index contributed by atoms with van der Waals surface area (Å²) in [5.74, 6) is 0.524. The van der Waals surface area contributed by atoms with E-state index in [1.807, 2.05) is 24.3 Å². The average molecular weight is 416 g/mol. The highest BCUT2D eigenvalue weighted by Crippen LogP contribution is 2.45. The number of anilines is 1. The molecule has 6 heteroatoms. The summed E-state index contributed by atoms with van der Waals surface area (Å²) in [7, 11) is 1.61. The second kappa shape index (κ2) is 7.61. The molecule has 0 radical (unpaired) electrons. The number of allylic oxidation sites excluding steroid dienone is 2. The molecule has 0 N–H and O–H groups in total. The highest BCUT2D eigenvalue weighted by atomic mass is 35.5. The first-order chi connectivity index (χ1) is 13.5. The van der Waals surface area contributed by atoms with Crippen molar-refractivity contribution < 1.29 is 14.3 Å². The van der Waals surface area contributed by atoms with Crippen LogP contribution in [0.2, 0.25) is 10.0 Å². The Morgan fingerprint density at radius 3 is 2.46 bits per heavy atom. The van der Waals surface area contributed by atoms with E-state index >= 15 is 0 Å². The summed E-state index contributed by atoms with van der Waals surface area (Å²) in [5, 5.41) is 0.900. The molecule has 0 fully saturated rings. The molecule has 0 bridgehead atoms. The van der Waals surface area contributed by atoms with Crippen molar-refractivity contribution in [2.24, 2.45) is 0 Å². The maximum atomic E-state index is 13.2. The molecular weight excluding hydrogens is 397 g/mol. The summed E-state index contributed by atoms with van der Waals surface area (Å²) >= 11 is 12.4. The number of amides is 1. The Bertz CT molecular complexity index is 982. The van der Waals surface area contributed by atoms with Gasteiger partial charge in [-0.15, -0.1) is 0 Å². The van der Waals surface area contributed by atoms with Crippen LogP contribution >= 0.6 is 23.2 Å². The molecule has 28 heavy (non-hydrogen) atoms. The number of benzene rings is 2. The molecular formula is C22H19Cl2NO3. The van der Waals surface area contributed by atoms with Crippen molar-refractivity contribution in [2.75, 3.05) is 12.0 Å². The van der Waals surface area contributed by atoms with Crippen molar-refractivity contribution in [1.29, 1.82) is 0 Å². The predicted molar refractivity (Wildman–Crippen MR) is 110 cm³/mol. The molecule has 1 heterocycles. The van der Waals surface area contributed by atoms with Gasteiger partial charge in [0.1, 0.15) is 5.75 Å². The van der Waals surface area contributed by atoms with Gasteiger partial charge in [0.05, 0.1) is 17.8 Å². The van der Waals surface area contributed by atoms with Gasteiger partial charge in [-0.2, -0.15) is 0 Å². The summed E-state index contributed by atoms with van der Waals surface area (Å²) in [6, 6.07) is 12.6. The van der Waals surface area contributed by atoms with Crippen molar-refractivity contribution in [1.82, 2.24) is 0 Å². The van der Waals surface area contributed by atoms with Crippen LogP contribution < -0.4 is 9.64 Å². The van der Waals surface area contributed by atoms with Gasteiger partial charge in [-0.05, 0) is 48.7 Å². The molecule has 1 aliphatic carbocycles. The molecule has 0 aromatic heterocycles. The lowest BCUT2D eigenvalue weighted by Crippen LogP contribution is -2.40. The smallest absolute Gasteiger partial charge is 0.232 e. The number of ketones is 1. The van der Waals surface area contributed by atoms with E-state index in [1.165, 1.54) is 0 Å². The third-order valence-corrected chi connectivity index (χ3v) is 5.88. The minimum atomic E-state index is -0.247. The van der Waals surface area contributed by atoms with Crippen molar-refractivity contribution in [3.05, 3.63) is 69.3 Å². The first kappa shape index (κ1) is 19.0. The number of methoxy groups -OCH3 is 1. The summed E-state index contributed by atoms with van der Waals surface area (Å²) in [4.78, 5) is 27.7. The maximum Gasteiger partial charge on any atom is 0.232 e. The fraction of sp³-hybridized carbons (Fsp3) is 0.273. The number of Topliss-reactive ketones (excluding diaryl/α,β-unsaturated/α-hetero) is 1. The van der Waals surface area contributed by atoms with Crippen LogP contribution in [0.1, 0.15) is 37.2 Å². The minimum Gasteiger partial charge on any atom is -0.497 e. The van der Waals surface area contributed by atoms with E-state index in [2.05, 4.69) is 0 Å². The van der Waals surface area contributed by atoms with E-state index < -0.39 is 0 Å². The molecule has 0 spiro atoms. The van der Waals surface area contributed by atoms with E-state index in [-0.39, 0.29) is 24.0 Å². The predicted octanol–water partition coefficient (Wildman–Crippen LogP) is 5.53. The Kier molecular flexibility index (Phi) is 5.17. The number of carbonyl (C=O) groups excluding carboxylic acids is 2. The normalized spacial score (nSPS) is 19.7. The molecule has 2 aromatic carbocycles. The van der Waals surface area contributed by atoms with E-state index in [0.717, 1.165) is 29.0 Å².